The molecule has 0 spiro atoms. The Bertz CT molecular complexity index is 532. The number of hydrogen-bond acceptors (Lipinski definition) is 4. The predicted molar refractivity (Wildman–Crippen MR) is 71.2 cm³/mol. The molecule has 0 aliphatic carbocycles. The monoisotopic (exact) mass is 259 g/mol. The smallest absolute Gasteiger partial charge is 0.231 e. The minimum absolute atomic E-state index is 0.335. The van der Waals surface area contributed by atoms with Crippen molar-refractivity contribution in [1.82, 2.24) is 0 Å². The minimum atomic E-state index is 0.335. The second-order valence-electron chi connectivity index (χ2n) is 5.27. The summed E-state index contributed by atoms with van der Waals surface area (Å²) in [7, 11) is 0. The SMILES string of the molecule is c1c2c(cc3c1OCO3)C(C1CCOCC1)=NCC2. The van der Waals surface area contributed by atoms with E-state index in [1.807, 2.05) is 0 Å². The maximum Gasteiger partial charge on any atom is 0.231 e. The Hall–Kier alpha value is -1.55. The maximum atomic E-state index is 5.50. The summed E-state index contributed by atoms with van der Waals surface area (Å²) in [5.41, 5.74) is 3.87. The summed E-state index contributed by atoms with van der Waals surface area (Å²) < 4.78 is 16.4. The first-order valence-corrected chi connectivity index (χ1v) is 6.97. The highest BCUT2D eigenvalue weighted by Gasteiger charge is 2.27. The number of aliphatic imine (C=N–C) groups is 1. The topological polar surface area (TPSA) is 40.0 Å². The summed E-state index contributed by atoms with van der Waals surface area (Å²) in [6, 6.07) is 4.25. The Labute approximate surface area is 112 Å². The Morgan fingerprint density at radius 2 is 1.84 bits per heavy atom. The molecule has 19 heavy (non-hydrogen) atoms. The average Bonchev–Trinajstić information content (AvgIpc) is 2.92. The van der Waals surface area contributed by atoms with Crippen LogP contribution in [-0.2, 0) is 11.2 Å². The normalized spacial score (nSPS) is 22.0. The van der Waals surface area contributed by atoms with E-state index in [0.29, 0.717) is 12.7 Å². The van der Waals surface area contributed by atoms with Gasteiger partial charge in [0.05, 0.1) is 0 Å². The van der Waals surface area contributed by atoms with Crippen molar-refractivity contribution in [3.8, 4) is 11.5 Å². The summed E-state index contributed by atoms with van der Waals surface area (Å²) >= 11 is 0. The Balaban J connectivity index is 1.73. The van der Waals surface area contributed by atoms with Gasteiger partial charge in [0, 0.05) is 37.0 Å². The van der Waals surface area contributed by atoms with Gasteiger partial charge in [-0.25, -0.2) is 0 Å². The van der Waals surface area contributed by atoms with Crippen molar-refractivity contribution < 1.29 is 14.2 Å². The van der Waals surface area contributed by atoms with E-state index in [-0.39, 0.29) is 0 Å². The van der Waals surface area contributed by atoms with E-state index >= 15 is 0 Å². The molecule has 0 N–H and O–H groups in total. The third-order valence-corrected chi connectivity index (χ3v) is 4.15. The molecule has 0 amide bonds. The number of hydrogen-bond donors (Lipinski definition) is 0. The number of rotatable bonds is 1. The van der Waals surface area contributed by atoms with Gasteiger partial charge in [-0.15, -0.1) is 0 Å². The zero-order chi connectivity index (χ0) is 12.7. The third-order valence-electron chi connectivity index (χ3n) is 4.15. The quantitative estimate of drug-likeness (QED) is 0.776. The minimum Gasteiger partial charge on any atom is -0.454 e. The molecule has 100 valence electrons. The van der Waals surface area contributed by atoms with Crippen molar-refractivity contribution in [1.29, 1.82) is 0 Å². The van der Waals surface area contributed by atoms with Crippen LogP contribution in [0.15, 0.2) is 17.1 Å². The van der Waals surface area contributed by atoms with Gasteiger partial charge in [-0.3, -0.25) is 4.99 Å². The van der Waals surface area contributed by atoms with Crippen molar-refractivity contribution >= 4 is 5.71 Å². The van der Waals surface area contributed by atoms with Crippen LogP contribution in [0.2, 0.25) is 0 Å². The molecule has 0 bridgehead atoms. The number of ether oxygens (including phenoxy) is 3. The molecule has 0 saturated carbocycles. The summed E-state index contributed by atoms with van der Waals surface area (Å²) in [4.78, 5) is 4.78. The van der Waals surface area contributed by atoms with E-state index in [1.165, 1.54) is 16.8 Å². The molecule has 3 aliphatic heterocycles. The summed E-state index contributed by atoms with van der Waals surface area (Å²) in [6.45, 7) is 2.93. The molecule has 0 radical (unpaired) electrons. The van der Waals surface area contributed by atoms with E-state index in [1.54, 1.807) is 0 Å². The van der Waals surface area contributed by atoms with Crippen molar-refractivity contribution in [2.45, 2.75) is 19.3 Å². The van der Waals surface area contributed by atoms with Gasteiger partial charge < -0.3 is 14.2 Å². The molecular weight excluding hydrogens is 242 g/mol. The highest BCUT2D eigenvalue weighted by atomic mass is 16.7. The van der Waals surface area contributed by atoms with Gasteiger partial charge in [-0.1, -0.05) is 0 Å². The Morgan fingerprint density at radius 3 is 2.68 bits per heavy atom. The predicted octanol–water partition coefficient (Wildman–Crippen LogP) is 2.19. The van der Waals surface area contributed by atoms with E-state index in [4.69, 9.17) is 19.2 Å². The fourth-order valence-corrected chi connectivity index (χ4v) is 3.13. The number of fused-ring (bicyclic) bond motifs is 2. The lowest BCUT2D eigenvalue weighted by molar-refractivity contribution is 0.0828. The first-order chi connectivity index (χ1) is 9.42. The van der Waals surface area contributed by atoms with Crippen LogP contribution in [0.4, 0.5) is 0 Å². The standard InChI is InChI=1S/C15H17NO3/c1-4-16-15(10-2-5-17-6-3-10)12-8-14-13(7-11(1)12)18-9-19-14/h7-8,10H,1-6,9H2. The highest BCUT2D eigenvalue weighted by molar-refractivity contribution is 6.04. The van der Waals surface area contributed by atoms with Gasteiger partial charge in [0.2, 0.25) is 6.79 Å². The Kier molecular flexibility index (Phi) is 2.69. The van der Waals surface area contributed by atoms with Gasteiger partial charge in [0.15, 0.2) is 11.5 Å². The first-order valence-electron chi connectivity index (χ1n) is 6.97. The van der Waals surface area contributed by atoms with E-state index in [0.717, 1.165) is 50.5 Å². The Morgan fingerprint density at radius 1 is 1.05 bits per heavy atom. The molecule has 4 heteroatoms. The average molecular weight is 259 g/mol. The lowest BCUT2D eigenvalue weighted by Gasteiger charge is -2.27. The number of nitrogens with zero attached hydrogens (tertiary/aromatic N) is 1. The van der Waals surface area contributed by atoms with E-state index < -0.39 is 0 Å². The maximum absolute atomic E-state index is 5.50. The third kappa shape index (κ3) is 1.91. The second-order valence-corrected chi connectivity index (χ2v) is 5.27. The van der Waals surface area contributed by atoms with Crippen LogP contribution in [0.5, 0.6) is 11.5 Å². The van der Waals surface area contributed by atoms with Crippen molar-refractivity contribution in [2.24, 2.45) is 10.9 Å². The summed E-state index contributed by atoms with van der Waals surface area (Å²) in [5.74, 6) is 2.28. The molecule has 1 fully saturated rings. The van der Waals surface area contributed by atoms with Crippen molar-refractivity contribution in [2.75, 3.05) is 26.6 Å². The van der Waals surface area contributed by atoms with Gasteiger partial charge in [0.1, 0.15) is 0 Å². The molecule has 0 aromatic heterocycles. The molecular formula is C15H17NO3. The van der Waals surface area contributed by atoms with Crippen molar-refractivity contribution in [3.05, 3.63) is 23.3 Å². The van der Waals surface area contributed by atoms with Gasteiger partial charge in [-0.05, 0) is 37.0 Å². The van der Waals surface area contributed by atoms with Gasteiger partial charge >= 0.3 is 0 Å². The molecule has 1 aromatic rings. The second kappa shape index (κ2) is 4.53. The van der Waals surface area contributed by atoms with Crippen LogP contribution in [0.25, 0.3) is 0 Å². The number of benzene rings is 1. The zero-order valence-corrected chi connectivity index (χ0v) is 10.9. The van der Waals surface area contributed by atoms with Crippen LogP contribution in [0, 0.1) is 5.92 Å². The van der Waals surface area contributed by atoms with Crippen LogP contribution in [0.3, 0.4) is 0 Å². The molecule has 1 saturated heterocycles. The van der Waals surface area contributed by atoms with Gasteiger partial charge in [-0.2, -0.15) is 0 Å². The highest BCUT2D eigenvalue weighted by Crippen LogP contribution is 2.37. The van der Waals surface area contributed by atoms with E-state index in [9.17, 15) is 0 Å². The molecule has 1 aromatic carbocycles. The lowest BCUT2D eigenvalue weighted by Crippen LogP contribution is -2.27. The molecule has 3 aliphatic rings. The fourth-order valence-electron chi connectivity index (χ4n) is 3.13. The van der Waals surface area contributed by atoms with Crippen LogP contribution in [-0.4, -0.2) is 32.3 Å². The largest absolute Gasteiger partial charge is 0.454 e. The molecule has 3 heterocycles. The molecule has 4 rings (SSSR count). The molecule has 0 unspecified atom stereocenters. The van der Waals surface area contributed by atoms with E-state index in [2.05, 4.69) is 12.1 Å². The molecule has 4 nitrogen and oxygen atoms in total. The lowest BCUT2D eigenvalue weighted by atomic mass is 9.85. The van der Waals surface area contributed by atoms with Gasteiger partial charge in [0.25, 0.3) is 0 Å². The van der Waals surface area contributed by atoms with Crippen molar-refractivity contribution in [3.63, 3.8) is 0 Å². The van der Waals surface area contributed by atoms with Crippen LogP contribution in [0.1, 0.15) is 24.0 Å². The summed E-state index contributed by atoms with van der Waals surface area (Å²) in [6.07, 6.45) is 3.15. The zero-order valence-electron chi connectivity index (χ0n) is 10.9. The molecule has 0 atom stereocenters. The summed E-state index contributed by atoms with van der Waals surface area (Å²) in [5, 5.41) is 0. The van der Waals surface area contributed by atoms with Crippen LogP contribution < -0.4 is 9.47 Å². The fraction of sp³-hybridized carbons (Fsp3) is 0.533. The van der Waals surface area contributed by atoms with Crippen LogP contribution >= 0.6 is 0 Å². The first kappa shape index (κ1) is 11.3.